The first-order chi connectivity index (χ1) is 14.2. The lowest BCUT2D eigenvalue weighted by Crippen LogP contribution is -2.46. The fraction of sp³-hybridized carbons (Fsp3) is 0.217. The van der Waals surface area contributed by atoms with Gasteiger partial charge in [0.1, 0.15) is 17.2 Å². The van der Waals surface area contributed by atoms with Gasteiger partial charge >= 0.3 is 0 Å². The lowest BCUT2D eigenvalue weighted by Gasteiger charge is -2.36. The monoisotopic (exact) mass is 380 g/mol. The van der Waals surface area contributed by atoms with Crippen LogP contribution < -0.4 is 4.74 Å². The van der Waals surface area contributed by atoms with Gasteiger partial charge in [0, 0.05) is 35.8 Å². The molecule has 0 atom stereocenters. The molecule has 4 rings (SSSR count). The number of hydrogen-bond donors (Lipinski definition) is 0. The molecule has 0 bridgehead atoms. The molecular formula is C23H21BN4O. The van der Waals surface area contributed by atoms with Crippen LogP contribution in [0.25, 0.3) is 22.2 Å². The molecule has 0 spiro atoms. The van der Waals surface area contributed by atoms with Gasteiger partial charge in [-0.05, 0) is 68.6 Å². The third-order valence-electron chi connectivity index (χ3n) is 4.96. The van der Waals surface area contributed by atoms with Gasteiger partial charge < -0.3 is 9.55 Å². The Balaban J connectivity index is 1.60. The largest absolute Gasteiger partial charge is 0.458 e. The molecule has 1 aromatic carbocycles. The van der Waals surface area contributed by atoms with Gasteiger partial charge in [-0.2, -0.15) is 5.10 Å². The molecule has 29 heavy (non-hydrogen) atoms. The van der Waals surface area contributed by atoms with Gasteiger partial charge in [-0.1, -0.05) is 5.92 Å². The number of allylic oxidation sites excluding steroid dienone is 3. The van der Waals surface area contributed by atoms with E-state index in [1.807, 2.05) is 54.3 Å². The Morgan fingerprint density at radius 2 is 2.10 bits per heavy atom. The van der Waals surface area contributed by atoms with Gasteiger partial charge in [0.25, 0.3) is 0 Å². The highest BCUT2D eigenvalue weighted by Gasteiger charge is 2.24. The molecule has 0 N–H and O–H groups in total. The first-order valence-corrected chi connectivity index (χ1v) is 9.55. The number of terminal acetylenes is 1. The number of rotatable bonds is 6. The van der Waals surface area contributed by atoms with Crippen LogP contribution in [0.3, 0.4) is 0 Å². The summed E-state index contributed by atoms with van der Waals surface area (Å²) in [6.45, 7) is 4.55. The van der Waals surface area contributed by atoms with Crippen LogP contribution in [-0.2, 0) is 6.54 Å². The van der Waals surface area contributed by atoms with Crippen molar-refractivity contribution < 1.29 is 4.74 Å². The third-order valence-corrected chi connectivity index (χ3v) is 4.96. The van der Waals surface area contributed by atoms with E-state index in [-0.39, 0.29) is 0 Å². The second-order valence-electron chi connectivity index (χ2n) is 7.06. The highest BCUT2D eigenvalue weighted by atomic mass is 16.5. The number of fused-ring (bicyclic) bond motifs is 1. The average Bonchev–Trinajstić information content (AvgIpc) is 3.09. The summed E-state index contributed by atoms with van der Waals surface area (Å²) < 4.78 is 7.92. The predicted octanol–water partition coefficient (Wildman–Crippen LogP) is 3.59. The lowest BCUT2D eigenvalue weighted by molar-refractivity contribution is 0.182. The molecule has 1 aliphatic rings. The van der Waals surface area contributed by atoms with E-state index in [2.05, 4.69) is 15.6 Å². The van der Waals surface area contributed by atoms with Crippen LogP contribution in [0.5, 0.6) is 5.75 Å². The summed E-state index contributed by atoms with van der Waals surface area (Å²) in [7, 11) is 5.78. The van der Waals surface area contributed by atoms with Crippen molar-refractivity contribution in [2.45, 2.75) is 13.5 Å². The molecule has 0 saturated carbocycles. The summed E-state index contributed by atoms with van der Waals surface area (Å²) in [4.78, 5) is 6.13. The van der Waals surface area contributed by atoms with E-state index in [1.165, 1.54) is 0 Å². The molecule has 142 valence electrons. The Bertz CT molecular complexity index is 1100. The molecular weight excluding hydrogens is 359 g/mol. The van der Waals surface area contributed by atoms with Gasteiger partial charge in [0.2, 0.25) is 0 Å². The maximum Gasteiger partial charge on any atom is 0.182 e. The first kappa shape index (κ1) is 19.0. The van der Waals surface area contributed by atoms with Crippen LogP contribution in [0.4, 0.5) is 0 Å². The standard InChI is InChI=1S/C23H21BN4O/c1-3-5-6-19(4-2)29-20-9-7-18(8-10-20)23-21-13-25-12-11-22(21)28(26-23)16-17-14-27(24)15-17/h1,4-13,17H,14-16H2,2H3/b6-5-,19-4+. The first-order valence-electron chi connectivity index (χ1n) is 9.55. The Morgan fingerprint density at radius 1 is 1.31 bits per heavy atom. The van der Waals surface area contributed by atoms with Crippen LogP contribution in [0.15, 0.2) is 66.7 Å². The smallest absolute Gasteiger partial charge is 0.182 e. The normalized spacial score (nSPS) is 15.5. The predicted molar refractivity (Wildman–Crippen MR) is 116 cm³/mol. The summed E-state index contributed by atoms with van der Waals surface area (Å²) in [5.74, 6) is 4.43. The number of ether oxygens (including phenoxy) is 1. The van der Waals surface area contributed by atoms with Crippen molar-refractivity contribution in [1.29, 1.82) is 0 Å². The summed E-state index contributed by atoms with van der Waals surface area (Å²) >= 11 is 0. The van der Waals surface area contributed by atoms with Crippen LogP contribution in [0, 0.1) is 18.3 Å². The fourth-order valence-corrected chi connectivity index (χ4v) is 3.48. The zero-order valence-electron chi connectivity index (χ0n) is 16.3. The number of nitrogens with zero attached hydrogens (tertiary/aromatic N) is 4. The molecule has 3 heterocycles. The molecule has 3 aromatic rings. The molecule has 0 unspecified atom stereocenters. The van der Waals surface area contributed by atoms with Gasteiger partial charge in [-0.25, -0.2) is 0 Å². The summed E-state index contributed by atoms with van der Waals surface area (Å²) in [5, 5.41) is 5.92. The second kappa shape index (κ2) is 8.38. The van der Waals surface area contributed by atoms with Gasteiger partial charge in [-0.3, -0.25) is 9.67 Å². The quantitative estimate of drug-likeness (QED) is 0.284. The molecule has 1 aliphatic heterocycles. The SMILES string of the molecule is [B]N1CC(Cn2nc(-c3ccc(OC(/C=C\C#C)=C/C)cc3)c3cnccc32)C1. The second-order valence-corrected chi connectivity index (χ2v) is 7.06. The van der Waals surface area contributed by atoms with Crippen LogP contribution in [-0.4, -0.2) is 40.6 Å². The zero-order chi connectivity index (χ0) is 20.2. The minimum atomic E-state index is 0.523. The Kier molecular flexibility index (Phi) is 5.50. The van der Waals surface area contributed by atoms with Crippen LogP contribution in [0.1, 0.15) is 6.92 Å². The maximum absolute atomic E-state index is 5.86. The highest BCUT2D eigenvalue weighted by molar-refractivity contribution is 6.04. The van der Waals surface area contributed by atoms with E-state index >= 15 is 0 Å². The van der Waals surface area contributed by atoms with E-state index in [0.717, 1.165) is 47.5 Å². The zero-order valence-corrected chi connectivity index (χ0v) is 16.3. The van der Waals surface area contributed by atoms with E-state index in [0.29, 0.717) is 11.7 Å². The maximum atomic E-state index is 5.86. The number of benzene rings is 1. The van der Waals surface area contributed by atoms with Crippen molar-refractivity contribution in [3.8, 4) is 29.4 Å². The van der Waals surface area contributed by atoms with Crippen molar-refractivity contribution in [1.82, 2.24) is 19.6 Å². The van der Waals surface area contributed by atoms with Gasteiger partial charge in [0.15, 0.2) is 7.98 Å². The van der Waals surface area contributed by atoms with Gasteiger partial charge in [0.05, 0.1) is 5.52 Å². The van der Waals surface area contributed by atoms with E-state index in [1.54, 1.807) is 18.3 Å². The molecule has 0 amide bonds. The Hall–Kier alpha value is -3.30. The Morgan fingerprint density at radius 3 is 2.79 bits per heavy atom. The highest BCUT2D eigenvalue weighted by Crippen LogP contribution is 2.30. The van der Waals surface area contributed by atoms with Crippen molar-refractivity contribution >= 4 is 18.9 Å². The van der Waals surface area contributed by atoms with Crippen LogP contribution in [0.2, 0.25) is 0 Å². The minimum Gasteiger partial charge on any atom is -0.458 e. The summed E-state index contributed by atoms with van der Waals surface area (Å²) in [5.41, 5.74) is 3.02. The Labute approximate surface area is 172 Å². The molecule has 1 fully saturated rings. The topological polar surface area (TPSA) is 43.2 Å². The third kappa shape index (κ3) is 4.10. The summed E-state index contributed by atoms with van der Waals surface area (Å²) in [6, 6.07) is 9.90. The van der Waals surface area contributed by atoms with Crippen molar-refractivity contribution in [2.24, 2.45) is 5.92 Å². The van der Waals surface area contributed by atoms with E-state index in [9.17, 15) is 0 Å². The average molecular weight is 380 g/mol. The van der Waals surface area contributed by atoms with Crippen molar-refractivity contribution in [3.63, 3.8) is 0 Å². The molecule has 2 radical (unpaired) electrons. The van der Waals surface area contributed by atoms with E-state index in [4.69, 9.17) is 24.2 Å². The number of hydrogen-bond acceptors (Lipinski definition) is 4. The number of pyridine rings is 1. The molecule has 6 heteroatoms. The molecule has 5 nitrogen and oxygen atoms in total. The van der Waals surface area contributed by atoms with Crippen LogP contribution >= 0.6 is 0 Å². The molecule has 2 aromatic heterocycles. The molecule has 0 aliphatic carbocycles. The number of aromatic nitrogens is 3. The fourth-order valence-electron chi connectivity index (χ4n) is 3.48. The van der Waals surface area contributed by atoms with E-state index < -0.39 is 0 Å². The lowest BCUT2D eigenvalue weighted by atomic mass is 9.96. The minimum absolute atomic E-state index is 0.523. The van der Waals surface area contributed by atoms with Gasteiger partial charge in [-0.15, -0.1) is 6.42 Å². The molecule has 1 saturated heterocycles. The summed E-state index contributed by atoms with van der Waals surface area (Å²) in [6.07, 6.45) is 14.2. The van der Waals surface area contributed by atoms with Crippen molar-refractivity contribution in [2.75, 3.05) is 13.1 Å². The van der Waals surface area contributed by atoms with Crippen molar-refractivity contribution in [3.05, 3.63) is 66.7 Å².